The lowest BCUT2D eigenvalue weighted by Crippen LogP contribution is -2.12. The minimum Gasteiger partial charge on any atom is -0.496 e. The molecule has 0 aliphatic carbocycles. The molecule has 0 aliphatic rings. The van der Waals surface area contributed by atoms with Crippen molar-refractivity contribution in [3.05, 3.63) is 84.0 Å². The molecule has 144 valence electrons. The number of halogens is 1. The first-order chi connectivity index (χ1) is 14.2. The fourth-order valence-electron chi connectivity index (χ4n) is 2.89. The molecule has 4 rings (SSSR count). The van der Waals surface area contributed by atoms with E-state index in [2.05, 4.69) is 15.3 Å². The molecule has 29 heavy (non-hydrogen) atoms. The van der Waals surface area contributed by atoms with Crippen LogP contribution in [0.5, 0.6) is 5.75 Å². The predicted octanol–water partition coefficient (Wildman–Crippen LogP) is 5.32. The molecule has 0 radical (unpaired) electrons. The molecule has 2 aromatic heterocycles. The highest BCUT2D eigenvalue weighted by Crippen LogP contribution is 2.34. The van der Waals surface area contributed by atoms with E-state index in [1.54, 1.807) is 62.0 Å². The number of pyridine rings is 1. The van der Waals surface area contributed by atoms with E-state index in [0.29, 0.717) is 39.0 Å². The number of oxazole rings is 1. The van der Waals surface area contributed by atoms with Crippen molar-refractivity contribution in [3.63, 3.8) is 0 Å². The predicted molar refractivity (Wildman–Crippen MR) is 111 cm³/mol. The molecule has 2 aromatic carbocycles. The van der Waals surface area contributed by atoms with E-state index in [1.165, 1.54) is 6.39 Å². The summed E-state index contributed by atoms with van der Waals surface area (Å²) in [7, 11) is 1.54. The van der Waals surface area contributed by atoms with Crippen LogP contribution in [0.25, 0.3) is 22.6 Å². The summed E-state index contributed by atoms with van der Waals surface area (Å²) < 4.78 is 10.7. The first-order valence-electron chi connectivity index (χ1n) is 8.75. The minimum absolute atomic E-state index is 0.255. The van der Waals surface area contributed by atoms with Crippen LogP contribution in [0.15, 0.2) is 77.8 Å². The Bertz CT molecular complexity index is 1140. The molecule has 6 nitrogen and oxygen atoms in total. The molecule has 0 fully saturated rings. The minimum atomic E-state index is -0.255. The van der Waals surface area contributed by atoms with Gasteiger partial charge in [-0.25, -0.2) is 4.98 Å². The lowest BCUT2D eigenvalue weighted by atomic mass is 10.1. The topological polar surface area (TPSA) is 77.2 Å². The summed E-state index contributed by atoms with van der Waals surface area (Å²) in [6, 6.07) is 16.0. The summed E-state index contributed by atoms with van der Waals surface area (Å²) in [6.07, 6.45) is 4.67. The molecule has 0 aliphatic heterocycles. The highest BCUT2D eigenvalue weighted by Gasteiger charge is 2.15. The number of rotatable bonds is 5. The molecular weight excluding hydrogens is 390 g/mol. The number of nitrogens with one attached hydrogen (secondary N) is 1. The van der Waals surface area contributed by atoms with E-state index in [9.17, 15) is 4.79 Å². The zero-order valence-electron chi connectivity index (χ0n) is 15.4. The van der Waals surface area contributed by atoms with Crippen molar-refractivity contribution in [3.8, 4) is 28.3 Å². The van der Waals surface area contributed by atoms with Gasteiger partial charge in [0.15, 0.2) is 12.2 Å². The quantitative estimate of drug-likeness (QED) is 0.486. The lowest BCUT2D eigenvalue weighted by Gasteiger charge is -2.12. The van der Waals surface area contributed by atoms with Gasteiger partial charge in [0, 0.05) is 28.6 Å². The van der Waals surface area contributed by atoms with Crippen LogP contribution in [-0.2, 0) is 0 Å². The maximum absolute atomic E-state index is 12.7. The van der Waals surface area contributed by atoms with Crippen molar-refractivity contribution in [2.75, 3.05) is 12.4 Å². The van der Waals surface area contributed by atoms with E-state index in [-0.39, 0.29) is 5.91 Å². The van der Waals surface area contributed by atoms with Crippen molar-refractivity contribution in [1.29, 1.82) is 0 Å². The van der Waals surface area contributed by atoms with Gasteiger partial charge in [0.1, 0.15) is 5.75 Å². The number of carbonyl (C=O) groups excluding carboxylic acids is 1. The average molecular weight is 406 g/mol. The van der Waals surface area contributed by atoms with Crippen molar-refractivity contribution in [1.82, 2.24) is 9.97 Å². The number of methoxy groups -OCH3 is 1. The Labute approximate surface area is 172 Å². The van der Waals surface area contributed by atoms with Gasteiger partial charge in [-0.2, -0.15) is 0 Å². The highest BCUT2D eigenvalue weighted by molar-refractivity contribution is 6.33. The summed E-state index contributed by atoms with van der Waals surface area (Å²) in [5.41, 5.74) is 3.30. The van der Waals surface area contributed by atoms with Crippen LogP contribution in [0.2, 0.25) is 5.02 Å². The fourth-order valence-corrected chi connectivity index (χ4v) is 3.11. The molecule has 7 heteroatoms. The zero-order valence-corrected chi connectivity index (χ0v) is 16.2. The summed E-state index contributed by atoms with van der Waals surface area (Å²) in [5, 5.41) is 3.38. The first kappa shape index (κ1) is 18.7. The van der Waals surface area contributed by atoms with Gasteiger partial charge < -0.3 is 14.5 Å². The molecule has 0 atom stereocenters. The van der Waals surface area contributed by atoms with Gasteiger partial charge in [0.25, 0.3) is 5.91 Å². The molecule has 0 saturated carbocycles. The highest BCUT2D eigenvalue weighted by atomic mass is 35.5. The number of amides is 1. The van der Waals surface area contributed by atoms with Crippen LogP contribution in [-0.4, -0.2) is 23.0 Å². The maximum atomic E-state index is 12.7. The van der Waals surface area contributed by atoms with Crippen LogP contribution in [0.1, 0.15) is 10.4 Å². The average Bonchev–Trinajstić information content (AvgIpc) is 3.29. The number of carbonyl (C=O) groups is 1. The summed E-state index contributed by atoms with van der Waals surface area (Å²) in [4.78, 5) is 20.9. The van der Waals surface area contributed by atoms with Crippen molar-refractivity contribution in [2.24, 2.45) is 0 Å². The second kappa shape index (κ2) is 8.16. The van der Waals surface area contributed by atoms with Crippen LogP contribution in [0.3, 0.4) is 0 Å². The Balaban J connectivity index is 1.55. The molecule has 0 spiro atoms. The number of ether oxygens (including phenoxy) is 1. The third-order valence-corrected chi connectivity index (χ3v) is 4.64. The third-order valence-electron chi connectivity index (χ3n) is 4.34. The first-order valence-corrected chi connectivity index (χ1v) is 9.12. The van der Waals surface area contributed by atoms with Gasteiger partial charge in [-0.15, -0.1) is 0 Å². The smallest absolute Gasteiger partial charge is 0.255 e. The van der Waals surface area contributed by atoms with Crippen LogP contribution >= 0.6 is 11.6 Å². The number of hydrogen-bond donors (Lipinski definition) is 1. The fraction of sp³-hybridized carbons (Fsp3) is 0.0455. The molecule has 0 bridgehead atoms. The van der Waals surface area contributed by atoms with E-state index in [4.69, 9.17) is 20.8 Å². The molecule has 4 aromatic rings. The molecule has 2 heterocycles. The van der Waals surface area contributed by atoms with Crippen molar-refractivity contribution >= 4 is 23.2 Å². The van der Waals surface area contributed by atoms with Gasteiger partial charge in [0.05, 0.1) is 24.0 Å². The number of hydrogen-bond acceptors (Lipinski definition) is 5. The van der Waals surface area contributed by atoms with Gasteiger partial charge in [-0.3, -0.25) is 9.78 Å². The van der Waals surface area contributed by atoms with Gasteiger partial charge in [0.2, 0.25) is 0 Å². The normalized spacial score (nSPS) is 10.6. The Morgan fingerprint density at radius 2 is 1.97 bits per heavy atom. The second-order valence-electron chi connectivity index (χ2n) is 6.15. The molecule has 0 saturated heterocycles. The van der Waals surface area contributed by atoms with Crippen LogP contribution in [0.4, 0.5) is 5.69 Å². The summed E-state index contributed by atoms with van der Waals surface area (Å²) >= 11 is 6.24. The Morgan fingerprint density at radius 3 is 2.66 bits per heavy atom. The Kier molecular flexibility index (Phi) is 5.27. The zero-order chi connectivity index (χ0) is 20.2. The molecule has 1 N–H and O–H groups in total. The van der Waals surface area contributed by atoms with E-state index >= 15 is 0 Å². The van der Waals surface area contributed by atoms with E-state index in [1.807, 2.05) is 12.1 Å². The lowest BCUT2D eigenvalue weighted by molar-refractivity contribution is 0.102. The van der Waals surface area contributed by atoms with E-state index < -0.39 is 0 Å². The largest absolute Gasteiger partial charge is 0.496 e. The number of benzene rings is 2. The molecule has 0 unspecified atom stereocenters. The third kappa shape index (κ3) is 3.97. The second-order valence-corrected chi connectivity index (χ2v) is 6.55. The Morgan fingerprint density at radius 1 is 1.14 bits per heavy atom. The number of nitrogens with zero attached hydrogens (tertiary/aromatic N) is 2. The van der Waals surface area contributed by atoms with Crippen LogP contribution in [0, 0.1) is 0 Å². The monoisotopic (exact) mass is 405 g/mol. The van der Waals surface area contributed by atoms with Gasteiger partial charge >= 0.3 is 0 Å². The Hall–Kier alpha value is -3.64. The summed E-state index contributed by atoms with van der Waals surface area (Å²) in [6.45, 7) is 0. The SMILES string of the molecule is COc1cc(C(=O)Nc2ccc(-c3cnco3)cc2)ccc1-c1ncccc1Cl. The van der Waals surface area contributed by atoms with Crippen molar-refractivity contribution < 1.29 is 13.9 Å². The van der Waals surface area contributed by atoms with E-state index in [0.717, 1.165) is 5.56 Å². The van der Waals surface area contributed by atoms with Crippen molar-refractivity contribution in [2.45, 2.75) is 0 Å². The summed E-state index contributed by atoms with van der Waals surface area (Å²) in [5.74, 6) is 0.921. The molecular formula is C22H16ClN3O3. The molecule has 1 amide bonds. The van der Waals surface area contributed by atoms with Gasteiger partial charge in [-0.1, -0.05) is 11.6 Å². The number of anilines is 1. The maximum Gasteiger partial charge on any atom is 0.255 e. The number of aromatic nitrogens is 2. The standard InChI is InChI=1S/C22H16ClN3O3/c1-28-19-11-15(6-9-17(19)21-18(23)3-2-10-25-21)22(27)26-16-7-4-14(5-8-16)20-12-24-13-29-20/h2-13H,1H3,(H,26,27). The van der Waals surface area contributed by atoms with Crippen LogP contribution < -0.4 is 10.1 Å². The van der Waals surface area contributed by atoms with Gasteiger partial charge in [-0.05, 0) is 54.6 Å².